The van der Waals surface area contributed by atoms with Gasteiger partial charge in [0.05, 0.1) is 12.6 Å². The number of benzene rings is 2. The number of aliphatic hydroxyl groups is 1. The largest absolute Gasteiger partial charge is 0.389 e. The van der Waals surface area contributed by atoms with Gasteiger partial charge in [0, 0.05) is 41.3 Å². The highest BCUT2D eigenvalue weighted by molar-refractivity contribution is 6.08. The third-order valence-electron chi connectivity index (χ3n) is 5.68. The Kier molecular flexibility index (Phi) is 5.36. The van der Waals surface area contributed by atoms with Crippen LogP contribution in [0.1, 0.15) is 38.2 Å². The van der Waals surface area contributed by atoms with Crippen molar-refractivity contribution in [2.24, 2.45) is 0 Å². The number of aromatic nitrogens is 1. The molecule has 2 heterocycles. The maximum absolute atomic E-state index is 13.9. The molecule has 5 heteroatoms. The van der Waals surface area contributed by atoms with Crippen molar-refractivity contribution < 1.29 is 14.3 Å². The number of rotatable bonds is 6. The van der Waals surface area contributed by atoms with Crippen molar-refractivity contribution in [1.29, 1.82) is 0 Å². The maximum atomic E-state index is 13.9. The van der Waals surface area contributed by atoms with E-state index in [9.17, 15) is 14.3 Å². The maximum Gasteiger partial charge on any atom is 0.222 e. The first-order valence-electron chi connectivity index (χ1n) is 10.2. The average molecular weight is 382 g/mol. The summed E-state index contributed by atoms with van der Waals surface area (Å²) in [6, 6.07) is 11.1. The molecule has 1 atom stereocenters. The van der Waals surface area contributed by atoms with Gasteiger partial charge < -0.3 is 14.6 Å². The van der Waals surface area contributed by atoms with Crippen molar-refractivity contribution in [3.8, 4) is 0 Å². The number of halogens is 1. The van der Waals surface area contributed by atoms with Crippen molar-refractivity contribution >= 4 is 27.7 Å². The molecule has 0 aliphatic carbocycles. The second-order valence-corrected chi connectivity index (χ2v) is 7.82. The Balaban J connectivity index is 1.69. The highest BCUT2D eigenvalue weighted by Crippen LogP contribution is 2.31. The number of fused-ring (bicyclic) bond motifs is 3. The molecule has 0 saturated carbocycles. The Morgan fingerprint density at radius 1 is 1.07 bits per heavy atom. The van der Waals surface area contributed by atoms with Gasteiger partial charge in [-0.1, -0.05) is 19.4 Å². The normalized spacial score (nSPS) is 16.2. The fraction of sp³-hybridized carbons (Fsp3) is 0.435. The van der Waals surface area contributed by atoms with Crippen molar-refractivity contribution in [1.82, 2.24) is 9.47 Å². The van der Waals surface area contributed by atoms with Crippen molar-refractivity contribution in [2.45, 2.75) is 51.7 Å². The van der Waals surface area contributed by atoms with Crippen LogP contribution >= 0.6 is 0 Å². The van der Waals surface area contributed by atoms with Gasteiger partial charge in [0.2, 0.25) is 5.91 Å². The van der Waals surface area contributed by atoms with E-state index >= 15 is 0 Å². The van der Waals surface area contributed by atoms with Crippen LogP contribution in [0, 0.1) is 5.82 Å². The summed E-state index contributed by atoms with van der Waals surface area (Å²) in [5.41, 5.74) is 3.14. The quantitative estimate of drug-likeness (QED) is 0.692. The molecule has 4 rings (SSSR count). The van der Waals surface area contributed by atoms with Crippen molar-refractivity contribution in [2.75, 3.05) is 13.1 Å². The molecule has 0 radical (unpaired) electrons. The summed E-state index contributed by atoms with van der Waals surface area (Å²) in [5.74, 6) is -0.134. The Hall–Kier alpha value is -2.40. The summed E-state index contributed by atoms with van der Waals surface area (Å²) in [6.07, 6.45) is 3.87. The lowest BCUT2D eigenvalue weighted by Gasteiger charge is -2.29. The lowest BCUT2D eigenvalue weighted by Crippen LogP contribution is -2.41. The molecule has 0 bridgehead atoms. The Morgan fingerprint density at radius 3 is 2.57 bits per heavy atom. The van der Waals surface area contributed by atoms with Crippen LogP contribution < -0.4 is 0 Å². The summed E-state index contributed by atoms with van der Waals surface area (Å²) in [5, 5.41) is 12.6. The number of amides is 1. The second-order valence-electron chi connectivity index (χ2n) is 7.82. The molecule has 0 spiro atoms. The van der Waals surface area contributed by atoms with Gasteiger partial charge in [-0.25, -0.2) is 4.39 Å². The van der Waals surface area contributed by atoms with Crippen LogP contribution in [0.15, 0.2) is 36.4 Å². The summed E-state index contributed by atoms with van der Waals surface area (Å²) in [4.78, 5) is 13.8. The minimum Gasteiger partial charge on any atom is -0.389 e. The van der Waals surface area contributed by atoms with Crippen LogP contribution in [0.2, 0.25) is 0 Å². The first-order valence-corrected chi connectivity index (χ1v) is 10.2. The van der Waals surface area contributed by atoms with E-state index in [1.807, 2.05) is 0 Å². The number of nitrogens with zero attached hydrogens (tertiary/aromatic N) is 2. The van der Waals surface area contributed by atoms with E-state index < -0.39 is 6.10 Å². The van der Waals surface area contributed by atoms with Crippen molar-refractivity contribution in [3.05, 3.63) is 47.8 Å². The molecule has 148 valence electrons. The number of carbonyl (C=O) groups excluding carboxylic acids is 1. The third kappa shape index (κ3) is 3.63. The molecule has 1 aliphatic heterocycles. The lowest BCUT2D eigenvalue weighted by atomic mass is 10.1. The van der Waals surface area contributed by atoms with E-state index in [1.165, 1.54) is 11.6 Å². The number of carbonyl (C=O) groups is 1. The standard InChI is InChI=1S/C23H27FN2O2/c1-2-5-16-7-9-21-19(12-16)20-13-17(24)8-10-22(20)26(21)15-18(27)14-25-11-4-3-6-23(25)28/h7-10,12-13,18,27H,2-6,11,14-15H2,1H3. The van der Waals surface area contributed by atoms with Crippen LogP contribution in [0.3, 0.4) is 0 Å². The Labute approximate surface area is 164 Å². The number of β-amino-alcohol motifs (C(OH)–C–C–N with tert-alkyl or cyclic N) is 1. The minimum atomic E-state index is -0.666. The molecule has 28 heavy (non-hydrogen) atoms. The highest BCUT2D eigenvalue weighted by Gasteiger charge is 2.22. The fourth-order valence-electron chi connectivity index (χ4n) is 4.34. The van der Waals surface area contributed by atoms with E-state index in [0.717, 1.165) is 47.5 Å². The molecule has 1 saturated heterocycles. The van der Waals surface area contributed by atoms with E-state index in [-0.39, 0.29) is 11.7 Å². The first-order chi connectivity index (χ1) is 13.6. The number of hydrogen-bond donors (Lipinski definition) is 1. The topological polar surface area (TPSA) is 45.5 Å². The van der Waals surface area contributed by atoms with Crippen LogP contribution in [-0.2, 0) is 17.8 Å². The molecule has 1 amide bonds. The molecule has 1 unspecified atom stereocenters. The molecular formula is C23H27FN2O2. The zero-order valence-corrected chi connectivity index (χ0v) is 16.3. The molecule has 1 aromatic heterocycles. The van der Waals surface area contributed by atoms with Gasteiger partial charge in [-0.2, -0.15) is 0 Å². The number of hydrogen-bond acceptors (Lipinski definition) is 2. The molecule has 4 nitrogen and oxygen atoms in total. The van der Waals surface area contributed by atoms with Gasteiger partial charge in [0.1, 0.15) is 5.82 Å². The van der Waals surface area contributed by atoms with Gasteiger partial charge >= 0.3 is 0 Å². The summed E-state index contributed by atoms with van der Waals surface area (Å²) in [6.45, 7) is 3.58. The zero-order valence-electron chi connectivity index (χ0n) is 16.3. The minimum absolute atomic E-state index is 0.124. The summed E-state index contributed by atoms with van der Waals surface area (Å²) in [7, 11) is 0. The van der Waals surface area contributed by atoms with Gasteiger partial charge in [-0.15, -0.1) is 0 Å². The van der Waals surface area contributed by atoms with Gasteiger partial charge in [0.15, 0.2) is 0 Å². The van der Waals surface area contributed by atoms with Crippen molar-refractivity contribution in [3.63, 3.8) is 0 Å². The van der Waals surface area contributed by atoms with E-state index in [2.05, 4.69) is 29.7 Å². The zero-order chi connectivity index (χ0) is 19.7. The fourth-order valence-corrected chi connectivity index (χ4v) is 4.34. The summed E-state index contributed by atoms with van der Waals surface area (Å²) >= 11 is 0. The highest BCUT2D eigenvalue weighted by atomic mass is 19.1. The van der Waals surface area contributed by atoms with E-state index in [0.29, 0.717) is 26.1 Å². The molecule has 2 aromatic carbocycles. The van der Waals surface area contributed by atoms with Gasteiger partial charge in [-0.05, 0) is 55.2 Å². The second kappa shape index (κ2) is 7.92. The Bertz CT molecular complexity index is 1010. The number of piperidine rings is 1. The van der Waals surface area contributed by atoms with Crippen LogP contribution in [0.25, 0.3) is 21.8 Å². The number of aliphatic hydroxyl groups excluding tert-OH is 1. The molecule has 1 fully saturated rings. The predicted molar refractivity (Wildman–Crippen MR) is 110 cm³/mol. The monoisotopic (exact) mass is 382 g/mol. The molecule has 1 N–H and O–H groups in total. The van der Waals surface area contributed by atoms with Gasteiger partial charge in [0.25, 0.3) is 0 Å². The smallest absolute Gasteiger partial charge is 0.222 e. The Morgan fingerprint density at radius 2 is 1.82 bits per heavy atom. The number of likely N-dealkylation sites (tertiary alicyclic amines) is 1. The van der Waals surface area contributed by atoms with Crippen LogP contribution in [0.4, 0.5) is 4.39 Å². The SMILES string of the molecule is CCCc1ccc2c(c1)c1cc(F)ccc1n2CC(O)CN1CCCCC1=O. The van der Waals surface area contributed by atoms with Crippen LogP contribution in [0.5, 0.6) is 0 Å². The van der Waals surface area contributed by atoms with E-state index in [4.69, 9.17) is 0 Å². The third-order valence-corrected chi connectivity index (χ3v) is 5.68. The summed E-state index contributed by atoms with van der Waals surface area (Å²) < 4.78 is 16.0. The first kappa shape index (κ1) is 18.9. The molecular weight excluding hydrogens is 355 g/mol. The van der Waals surface area contributed by atoms with Gasteiger partial charge in [-0.3, -0.25) is 4.79 Å². The average Bonchev–Trinajstić information content (AvgIpc) is 2.96. The lowest BCUT2D eigenvalue weighted by molar-refractivity contribution is -0.134. The molecule has 1 aliphatic rings. The van der Waals surface area contributed by atoms with E-state index in [1.54, 1.807) is 17.0 Å². The van der Waals surface area contributed by atoms with Crippen LogP contribution in [-0.4, -0.2) is 39.7 Å². The number of aryl methyl sites for hydroxylation is 1. The predicted octanol–water partition coefficient (Wildman–Crippen LogP) is 4.26. The molecule has 3 aromatic rings.